The van der Waals surface area contributed by atoms with Crippen LogP contribution in [0, 0.1) is 5.41 Å². The summed E-state index contributed by atoms with van der Waals surface area (Å²) in [5, 5.41) is 3.69. The van der Waals surface area contributed by atoms with Crippen LogP contribution < -0.4 is 5.32 Å². The van der Waals surface area contributed by atoms with Gasteiger partial charge in [-0.2, -0.15) is 0 Å². The van der Waals surface area contributed by atoms with E-state index in [1.807, 2.05) is 0 Å². The SMILES string of the molecule is CCC1(C)CNC(C(C)(C)C)CN1C. The van der Waals surface area contributed by atoms with Gasteiger partial charge in [0.1, 0.15) is 0 Å². The van der Waals surface area contributed by atoms with Gasteiger partial charge >= 0.3 is 0 Å². The minimum atomic E-state index is 0.349. The number of nitrogens with zero attached hydrogens (tertiary/aromatic N) is 1. The second kappa shape index (κ2) is 3.82. The first kappa shape index (κ1) is 12.0. The molecule has 0 aliphatic carbocycles. The van der Waals surface area contributed by atoms with E-state index >= 15 is 0 Å². The van der Waals surface area contributed by atoms with E-state index in [2.05, 4.69) is 51.9 Å². The zero-order valence-electron chi connectivity index (χ0n) is 10.6. The van der Waals surface area contributed by atoms with Crippen molar-refractivity contribution in [3.05, 3.63) is 0 Å². The number of nitrogens with one attached hydrogen (secondary N) is 1. The summed E-state index contributed by atoms with van der Waals surface area (Å²) >= 11 is 0. The molecule has 0 spiro atoms. The Bertz CT molecular complexity index is 195. The number of rotatable bonds is 1. The molecule has 1 aliphatic rings. The Morgan fingerprint density at radius 2 is 2.00 bits per heavy atom. The number of hydrogen-bond donors (Lipinski definition) is 1. The van der Waals surface area contributed by atoms with Crippen LogP contribution in [0.5, 0.6) is 0 Å². The summed E-state index contributed by atoms with van der Waals surface area (Å²) in [6.07, 6.45) is 1.22. The standard InChI is InChI=1S/C12H26N2/c1-7-12(5)9-13-10(8-14(12)6)11(2,3)4/h10,13H,7-9H2,1-6H3. The maximum atomic E-state index is 3.69. The van der Waals surface area contributed by atoms with E-state index < -0.39 is 0 Å². The third kappa shape index (κ3) is 2.29. The molecule has 0 aromatic carbocycles. The van der Waals surface area contributed by atoms with Crippen LogP contribution in [-0.2, 0) is 0 Å². The van der Waals surface area contributed by atoms with E-state index in [1.165, 1.54) is 6.42 Å². The molecular formula is C12H26N2. The molecule has 1 rings (SSSR count). The quantitative estimate of drug-likeness (QED) is 0.694. The molecule has 2 atom stereocenters. The Morgan fingerprint density at radius 3 is 2.36 bits per heavy atom. The summed E-state index contributed by atoms with van der Waals surface area (Å²) in [5.74, 6) is 0. The average Bonchev–Trinajstić information content (AvgIpc) is 2.08. The molecule has 0 amide bonds. The lowest BCUT2D eigenvalue weighted by molar-refractivity contribution is 0.0439. The monoisotopic (exact) mass is 198 g/mol. The van der Waals surface area contributed by atoms with Crippen LogP contribution in [0.4, 0.5) is 0 Å². The first-order chi connectivity index (χ1) is 6.29. The van der Waals surface area contributed by atoms with Gasteiger partial charge in [0.2, 0.25) is 0 Å². The number of likely N-dealkylation sites (N-methyl/N-ethyl adjacent to an activating group) is 1. The molecule has 0 saturated carbocycles. The van der Waals surface area contributed by atoms with Gasteiger partial charge in [-0.25, -0.2) is 0 Å². The van der Waals surface area contributed by atoms with E-state index in [0.29, 0.717) is 17.0 Å². The topological polar surface area (TPSA) is 15.3 Å². The molecular weight excluding hydrogens is 172 g/mol. The lowest BCUT2D eigenvalue weighted by Crippen LogP contribution is -2.64. The van der Waals surface area contributed by atoms with Gasteiger partial charge in [-0.1, -0.05) is 27.7 Å². The molecule has 2 unspecified atom stereocenters. The van der Waals surface area contributed by atoms with Crippen LogP contribution in [0.3, 0.4) is 0 Å². The van der Waals surface area contributed by atoms with E-state index in [0.717, 1.165) is 13.1 Å². The Kier molecular flexibility index (Phi) is 3.27. The molecule has 0 aromatic rings. The second-order valence-corrected chi connectivity index (χ2v) is 6.03. The van der Waals surface area contributed by atoms with Crippen LogP contribution in [0.15, 0.2) is 0 Å². The zero-order valence-corrected chi connectivity index (χ0v) is 10.6. The van der Waals surface area contributed by atoms with Crippen LogP contribution in [-0.4, -0.2) is 36.6 Å². The van der Waals surface area contributed by atoms with E-state index in [4.69, 9.17) is 0 Å². The van der Waals surface area contributed by atoms with Crippen molar-refractivity contribution in [2.75, 3.05) is 20.1 Å². The Balaban J connectivity index is 2.64. The third-order valence-corrected chi connectivity index (χ3v) is 3.91. The molecule has 84 valence electrons. The average molecular weight is 198 g/mol. The summed E-state index contributed by atoms with van der Waals surface area (Å²) in [5.41, 5.74) is 0.713. The maximum Gasteiger partial charge on any atom is 0.0300 e. The van der Waals surface area contributed by atoms with Gasteiger partial charge in [-0.3, -0.25) is 4.90 Å². The largest absolute Gasteiger partial charge is 0.310 e. The third-order valence-electron chi connectivity index (χ3n) is 3.91. The van der Waals surface area contributed by atoms with Gasteiger partial charge in [0.15, 0.2) is 0 Å². The smallest absolute Gasteiger partial charge is 0.0300 e. The van der Waals surface area contributed by atoms with Crippen LogP contribution in [0.2, 0.25) is 0 Å². The number of hydrogen-bond acceptors (Lipinski definition) is 2. The molecule has 1 heterocycles. The molecule has 1 fully saturated rings. The molecule has 1 N–H and O–H groups in total. The van der Waals surface area contributed by atoms with Gasteiger partial charge in [0.05, 0.1) is 0 Å². The summed E-state index contributed by atoms with van der Waals surface area (Å²) in [6.45, 7) is 13.8. The van der Waals surface area contributed by atoms with E-state index in [-0.39, 0.29) is 0 Å². The highest BCUT2D eigenvalue weighted by atomic mass is 15.2. The highest BCUT2D eigenvalue weighted by Gasteiger charge is 2.37. The molecule has 1 aliphatic heterocycles. The molecule has 0 radical (unpaired) electrons. The summed E-state index contributed by atoms with van der Waals surface area (Å²) in [4.78, 5) is 2.51. The normalized spacial score (nSPS) is 36.0. The van der Waals surface area contributed by atoms with E-state index in [1.54, 1.807) is 0 Å². The maximum absolute atomic E-state index is 3.69. The van der Waals surface area contributed by atoms with Crippen LogP contribution in [0.1, 0.15) is 41.0 Å². The minimum Gasteiger partial charge on any atom is -0.310 e. The Hall–Kier alpha value is -0.0800. The summed E-state index contributed by atoms with van der Waals surface area (Å²) in [6, 6.07) is 0.618. The Labute approximate surface area is 89.1 Å². The van der Waals surface area contributed by atoms with Crippen LogP contribution in [0.25, 0.3) is 0 Å². The van der Waals surface area contributed by atoms with Gasteiger partial charge in [0, 0.05) is 24.7 Å². The van der Waals surface area contributed by atoms with Gasteiger partial charge in [0.25, 0.3) is 0 Å². The fraction of sp³-hybridized carbons (Fsp3) is 1.00. The molecule has 14 heavy (non-hydrogen) atoms. The molecule has 0 bridgehead atoms. The van der Waals surface area contributed by atoms with Crippen molar-refractivity contribution in [2.45, 2.75) is 52.6 Å². The summed E-state index contributed by atoms with van der Waals surface area (Å²) in [7, 11) is 2.25. The van der Waals surface area contributed by atoms with Crippen molar-refractivity contribution < 1.29 is 0 Å². The van der Waals surface area contributed by atoms with Crippen molar-refractivity contribution in [3.8, 4) is 0 Å². The predicted molar refractivity (Wildman–Crippen MR) is 62.6 cm³/mol. The van der Waals surface area contributed by atoms with Crippen molar-refractivity contribution >= 4 is 0 Å². The Morgan fingerprint density at radius 1 is 1.43 bits per heavy atom. The van der Waals surface area contributed by atoms with Gasteiger partial charge in [-0.05, 0) is 25.8 Å². The number of piperazine rings is 1. The second-order valence-electron chi connectivity index (χ2n) is 6.03. The summed E-state index contributed by atoms with van der Waals surface area (Å²) < 4.78 is 0. The molecule has 2 nitrogen and oxygen atoms in total. The van der Waals surface area contributed by atoms with Crippen molar-refractivity contribution in [2.24, 2.45) is 5.41 Å². The minimum absolute atomic E-state index is 0.349. The van der Waals surface area contributed by atoms with Crippen molar-refractivity contribution in [1.82, 2.24) is 10.2 Å². The van der Waals surface area contributed by atoms with Crippen molar-refractivity contribution in [3.63, 3.8) is 0 Å². The molecule has 0 aromatic heterocycles. The van der Waals surface area contributed by atoms with Gasteiger partial charge in [-0.15, -0.1) is 0 Å². The van der Waals surface area contributed by atoms with E-state index in [9.17, 15) is 0 Å². The molecule has 2 heteroatoms. The van der Waals surface area contributed by atoms with Gasteiger partial charge < -0.3 is 5.32 Å². The fourth-order valence-corrected chi connectivity index (χ4v) is 2.01. The van der Waals surface area contributed by atoms with Crippen molar-refractivity contribution in [1.29, 1.82) is 0 Å². The highest BCUT2D eigenvalue weighted by Crippen LogP contribution is 2.27. The highest BCUT2D eigenvalue weighted by molar-refractivity contribution is 4.96. The molecule has 1 saturated heterocycles. The first-order valence-corrected chi connectivity index (χ1v) is 5.74. The lowest BCUT2D eigenvalue weighted by Gasteiger charge is -2.49. The van der Waals surface area contributed by atoms with Crippen LogP contribution >= 0.6 is 0 Å². The predicted octanol–water partition coefficient (Wildman–Crippen LogP) is 2.10. The fourth-order valence-electron chi connectivity index (χ4n) is 2.01. The first-order valence-electron chi connectivity index (χ1n) is 5.74. The zero-order chi connectivity index (χ0) is 11.0. The lowest BCUT2D eigenvalue weighted by atomic mass is 9.82.